The largest absolute Gasteiger partial charge is 0.271 e. The second kappa shape index (κ2) is 7.49. The van der Waals surface area contributed by atoms with Crippen molar-refractivity contribution in [3.05, 3.63) is 33.8 Å². The number of nitrogens with one attached hydrogen (secondary N) is 1. The first-order valence-corrected chi connectivity index (χ1v) is 7.35. The third kappa shape index (κ3) is 5.49. The molecular weight excluding hydrogens is 275 g/mol. The van der Waals surface area contributed by atoms with E-state index in [4.69, 9.17) is 29.0 Å². The van der Waals surface area contributed by atoms with Crippen molar-refractivity contribution in [3.63, 3.8) is 0 Å². The van der Waals surface area contributed by atoms with Gasteiger partial charge in [-0.25, -0.2) is 0 Å². The minimum absolute atomic E-state index is 0.250. The molecule has 5 heteroatoms. The van der Waals surface area contributed by atoms with Crippen LogP contribution >= 0.6 is 35.0 Å². The standard InChI is InChI=1S/C12H18Cl2N2S/c1-8(2)17-7-10(16-15)5-9-3-4-11(13)12(14)6-9/h3-4,6,8,10,16H,5,7,15H2,1-2H3. The molecule has 0 bridgehead atoms. The number of hydrogen-bond donors (Lipinski definition) is 2. The molecule has 17 heavy (non-hydrogen) atoms. The predicted molar refractivity (Wildman–Crippen MR) is 78.9 cm³/mol. The first-order chi connectivity index (χ1) is 8.02. The van der Waals surface area contributed by atoms with Gasteiger partial charge < -0.3 is 0 Å². The van der Waals surface area contributed by atoms with E-state index in [1.807, 2.05) is 30.0 Å². The third-order valence-electron chi connectivity index (χ3n) is 2.33. The van der Waals surface area contributed by atoms with Gasteiger partial charge in [-0.2, -0.15) is 11.8 Å². The van der Waals surface area contributed by atoms with Gasteiger partial charge in [0.25, 0.3) is 0 Å². The minimum Gasteiger partial charge on any atom is -0.271 e. The molecule has 0 radical (unpaired) electrons. The molecule has 0 aliphatic carbocycles. The molecule has 1 rings (SSSR count). The van der Waals surface area contributed by atoms with Crippen LogP contribution in [0.15, 0.2) is 18.2 Å². The monoisotopic (exact) mass is 292 g/mol. The van der Waals surface area contributed by atoms with Crippen LogP contribution in [0.25, 0.3) is 0 Å². The van der Waals surface area contributed by atoms with Crippen LogP contribution in [0.4, 0.5) is 0 Å². The lowest BCUT2D eigenvalue weighted by molar-refractivity contribution is 0.575. The molecule has 0 saturated heterocycles. The van der Waals surface area contributed by atoms with Crippen molar-refractivity contribution >= 4 is 35.0 Å². The molecular formula is C12H18Cl2N2S. The van der Waals surface area contributed by atoms with Gasteiger partial charge in [0, 0.05) is 11.8 Å². The smallest absolute Gasteiger partial charge is 0.0595 e. The van der Waals surface area contributed by atoms with E-state index < -0.39 is 0 Å². The number of thioether (sulfide) groups is 1. The molecule has 0 aliphatic rings. The van der Waals surface area contributed by atoms with E-state index in [9.17, 15) is 0 Å². The Bertz CT molecular complexity index is 358. The highest BCUT2D eigenvalue weighted by Gasteiger charge is 2.10. The molecule has 3 N–H and O–H groups in total. The molecule has 0 saturated carbocycles. The lowest BCUT2D eigenvalue weighted by atomic mass is 10.1. The zero-order chi connectivity index (χ0) is 12.8. The van der Waals surface area contributed by atoms with Crippen molar-refractivity contribution in [3.8, 4) is 0 Å². The summed E-state index contributed by atoms with van der Waals surface area (Å²) in [4.78, 5) is 0. The summed E-state index contributed by atoms with van der Waals surface area (Å²) < 4.78 is 0. The third-order valence-corrected chi connectivity index (χ3v) is 4.33. The van der Waals surface area contributed by atoms with E-state index in [-0.39, 0.29) is 6.04 Å². The zero-order valence-electron chi connectivity index (χ0n) is 10.0. The average Bonchev–Trinajstić information content (AvgIpc) is 2.28. The molecule has 2 nitrogen and oxygen atoms in total. The van der Waals surface area contributed by atoms with Gasteiger partial charge in [-0.3, -0.25) is 11.3 Å². The van der Waals surface area contributed by atoms with Crippen LogP contribution in [-0.2, 0) is 6.42 Å². The van der Waals surface area contributed by atoms with Gasteiger partial charge in [-0.1, -0.05) is 43.1 Å². The minimum atomic E-state index is 0.250. The van der Waals surface area contributed by atoms with Crippen molar-refractivity contribution in [2.75, 3.05) is 5.75 Å². The molecule has 1 aromatic carbocycles. The van der Waals surface area contributed by atoms with Crippen molar-refractivity contribution in [1.29, 1.82) is 0 Å². The van der Waals surface area contributed by atoms with Gasteiger partial charge in [-0.15, -0.1) is 0 Å². The van der Waals surface area contributed by atoms with Gasteiger partial charge >= 0.3 is 0 Å². The first-order valence-electron chi connectivity index (χ1n) is 5.54. The van der Waals surface area contributed by atoms with E-state index in [2.05, 4.69) is 19.3 Å². The number of hydrogen-bond acceptors (Lipinski definition) is 3. The van der Waals surface area contributed by atoms with E-state index >= 15 is 0 Å². The van der Waals surface area contributed by atoms with Crippen molar-refractivity contribution in [1.82, 2.24) is 5.43 Å². The quantitative estimate of drug-likeness (QED) is 0.622. The number of rotatable bonds is 6. The molecule has 0 heterocycles. The van der Waals surface area contributed by atoms with Crippen LogP contribution < -0.4 is 11.3 Å². The predicted octanol–water partition coefficient (Wildman–Crippen LogP) is 3.51. The summed E-state index contributed by atoms with van der Waals surface area (Å²) in [5.41, 5.74) is 3.99. The molecule has 0 amide bonds. The highest BCUT2D eigenvalue weighted by molar-refractivity contribution is 7.99. The summed E-state index contributed by atoms with van der Waals surface area (Å²) in [5, 5.41) is 1.79. The Kier molecular flexibility index (Phi) is 6.67. The molecule has 96 valence electrons. The van der Waals surface area contributed by atoms with Gasteiger partial charge in [0.15, 0.2) is 0 Å². The molecule has 0 spiro atoms. The zero-order valence-corrected chi connectivity index (χ0v) is 12.4. The Morgan fingerprint density at radius 2 is 2.00 bits per heavy atom. The maximum Gasteiger partial charge on any atom is 0.0595 e. The Labute approximate surface area is 117 Å². The Hall–Kier alpha value is 0.0700. The Morgan fingerprint density at radius 3 is 2.53 bits per heavy atom. The summed E-state index contributed by atoms with van der Waals surface area (Å²) in [6, 6.07) is 5.95. The van der Waals surface area contributed by atoms with E-state index in [0.29, 0.717) is 15.3 Å². The molecule has 0 aliphatic heterocycles. The average molecular weight is 293 g/mol. The second-order valence-electron chi connectivity index (χ2n) is 4.20. The van der Waals surface area contributed by atoms with Gasteiger partial charge in [0.05, 0.1) is 10.0 Å². The fraction of sp³-hybridized carbons (Fsp3) is 0.500. The number of nitrogens with two attached hydrogens (primary N) is 1. The second-order valence-corrected chi connectivity index (χ2v) is 6.62. The van der Waals surface area contributed by atoms with Gasteiger partial charge in [0.2, 0.25) is 0 Å². The summed E-state index contributed by atoms with van der Waals surface area (Å²) in [6.07, 6.45) is 0.854. The lowest BCUT2D eigenvalue weighted by Crippen LogP contribution is -2.39. The fourth-order valence-corrected chi connectivity index (χ4v) is 2.58. The van der Waals surface area contributed by atoms with E-state index in [0.717, 1.165) is 17.7 Å². The Morgan fingerprint density at radius 1 is 1.29 bits per heavy atom. The molecule has 0 fully saturated rings. The summed E-state index contributed by atoms with van der Waals surface area (Å²) >= 11 is 13.7. The molecule has 1 atom stereocenters. The maximum absolute atomic E-state index is 5.98. The topological polar surface area (TPSA) is 38.0 Å². The Balaban J connectivity index is 2.57. The van der Waals surface area contributed by atoms with Gasteiger partial charge in [0.1, 0.15) is 0 Å². The highest BCUT2D eigenvalue weighted by atomic mass is 35.5. The highest BCUT2D eigenvalue weighted by Crippen LogP contribution is 2.23. The summed E-state index contributed by atoms with van der Waals surface area (Å²) in [5.74, 6) is 6.53. The van der Waals surface area contributed by atoms with Crippen LogP contribution in [0, 0.1) is 0 Å². The molecule has 1 unspecified atom stereocenters. The molecule has 1 aromatic rings. The number of benzene rings is 1. The van der Waals surface area contributed by atoms with Crippen LogP contribution in [0.1, 0.15) is 19.4 Å². The van der Waals surface area contributed by atoms with Crippen LogP contribution in [0.2, 0.25) is 10.0 Å². The van der Waals surface area contributed by atoms with Crippen LogP contribution in [0.5, 0.6) is 0 Å². The lowest BCUT2D eigenvalue weighted by Gasteiger charge is -2.17. The van der Waals surface area contributed by atoms with Crippen molar-refractivity contribution in [2.24, 2.45) is 5.84 Å². The SMILES string of the molecule is CC(C)SCC(Cc1ccc(Cl)c(Cl)c1)NN. The summed E-state index contributed by atoms with van der Waals surface area (Å²) in [7, 11) is 0. The van der Waals surface area contributed by atoms with Crippen molar-refractivity contribution < 1.29 is 0 Å². The first kappa shape index (κ1) is 15.1. The van der Waals surface area contributed by atoms with Crippen molar-refractivity contribution in [2.45, 2.75) is 31.6 Å². The van der Waals surface area contributed by atoms with E-state index in [1.165, 1.54) is 0 Å². The fourth-order valence-electron chi connectivity index (χ4n) is 1.43. The van der Waals surface area contributed by atoms with E-state index in [1.54, 1.807) is 0 Å². The molecule has 0 aromatic heterocycles. The van der Waals surface area contributed by atoms with Crippen LogP contribution in [-0.4, -0.2) is 17.0 Å². The summed E-state index contributed by atoms with van der Waals surface area (Å²) in [6.45, 7) is 4.36. The maximum atomic E-state index is 5.98. The van der Waals surface area contributed by atoms with Gasteiger partial charge in [-0.05, 0) is 29.4 Å². The number of halogens is 2. The normalized spacial score (nSPS) is 13.1. The number of hydrazine groups is 1. The van der Waals surface area contributed by atoms with Crippen LogP contribution in [0.3, 0.4) is 0 Å².